The molecule has 0 saturated heterocycles. The fourth-order valence-corrected chi connectivity index (χ4v) is 2.56. The molecule has 2 aromatic carbocycles. The molecule has 0 heterocycles. The number of carbonyl (C=O) groups excluding carboxylic acids is 1. The lowest BCUT2D eigenvalue weighted by Gasteiger charge is -2.10. The van der Waals surface area contributed by atoms with Crippen molar-refractivity contribution < 1.29 is 4.79 Å². The van der Waals surface area contributed by atoms with Crippen LogP contribution in [0.3, 0.4) is 0 Å². The molecule has 0 spiro atoms. The first-order valence-corrected chi connectivity index (χ1v) is 6.44. The molecule has 0 aliphatic carbocycles. The van der Waals surface area contributed by atoms with Gasteiger partial charge in [-0.05, 0) is 18.2 Å². The molecule has 2 aromatic rings. The Labute approximate surface area is 124 Å². The van der Waals surface area contributed by atoms with Gasteiger partial charge < -0.3 is 0 Å². The van der Waals surface area contributed by atoms with Crippen molar-refractivity contribution in [2.75, 3.05) is 0 Å². The Morgan fingerprint density at radius 2 is 1.50 bits per heavy atom. The van der Waals surface area contributed by atoms with Gasteiger partial charge in [0.25, 0.3) is 0 Å². The van der Waals surface area contributed by atoms with Gasteiger partial charge in [0.2, 0.25) is 0 Å². The van der Waals surface area contributed by atoms with Crippen molar-refractivity contribution in [3.05, 3.63) is 56.0 Å². The van der Waals surface area contributed by atoms with Gasteiger partial charge in [-0.1, -0.05) is 58.5 Å². The molecule has 92 valence electrons. The van der Waals surface area contributed by atoms with Crippen LogP contribution in [0.2, 0.25) is 20.1 Å². The lowest BCUT2D eigenvalue weighted by molar-refractivity contribution is 0.112. The molecular weight excluding hydrogens is 314 g/mol. The van der Waals surface area contributed by atoms with E-state index >= 15 is 0 Å². The van der Waals surface area contributed by atoms with Crippen molar-refractivity contribution in [1.29, 1.82) is 0 Å². The number of rotatable bonds is 2. The first-order chi connectivity index (χ1) is 8.54. The quantitative estimate of drug-likeness (QED) is 0.506. The summed E-state index contributed by atoms with van der Waals surface area (Å²) in [4.78, 5) is 11.1. The molecule has 0 unspecified atom stereocenters. The molecule has 0 atom stereocenters. The zero-order valence-electron chi connectivity index (χ0n) is 8.88. The summed E-state index contributed by atoms with van der Waals surface area (Å²) in [6.07, 6.45) is 0.722. The Morgan fingerprint density at radius 3 is 2.17 bits per heavy atom. The second-order valence-electron chi connectivity index (χ2n) is 3.57. The van der Waals surface area contributed by atoms with Crippen molar-refractivity contribution in [3.8, 4) is 11.1 Å². The number of halogens is 4. The number of carbonyl (C=O) groups is 1. The van der Waals surface area contributed by atoms with Crippen LogP contribution in [-0.2, 0) is 0 Å². The summed E-state index contributed by atoms with van der Waals surface area (Å²) in [7, 11) is 0. The maximum atomic E-state index is 11.1. The summed E-state index contributed by atoms with van der Waals surface area (Å²) in [6, 6.07) is 8.16. The molecule has 1 nitrogen and oxygen atoms in total. The lowest BCUT2D eigenvalue weighted by atomic mass is 10.0. The molecule has 2 rings (SSSR count). The molecule has 5 heteroatoms. The molecule has 0 aromatic heterocycles. The van der Waals surface area contributed by atoms with Crippen molar-refractivity contribution in [3.63, 3.8) is 0 Å². The Bertz CT molecular complexity index is 623. The highest BCUT2D eigenvalue weighted by atomic mass is 35.5. The molecule has 0 N–H and O–H groups in total. The molecular formula is C13H6Cl4O. The summed E-state index contributed by atoms with van der Waals surface area (Å²) in [5.41, 5.74) is 1.58. The molecule has 0 aliphatic rings. The van der Waals surface area contributed by atoms with Gasteiger partial charge in [0.15, 0.2) is 6.29 Å². The molecule has 0 saturated carbocycles. The summed E-state index contributed by atoms with van der Waals surface area (Å²) >= 11 is 24.1. The highest BCUT2D eigenvalue weighted by molar-refractivity contribution is 6.44. The van der Waals surface area contributed by atoms with Crippen LogP contribution in [0.4, 0.5) is 0 Å². The van der Waals surface area contributed by atoms with E-state index in [2.05, 4.69) is 0 Å². The van der Waals surface area contributed by atoms with Crippen LogP contribution in [0.25, 0.3) is 11.1 Å². The number of aldehydes is 1. The molecule has 0 aliphatic heterocycles. The van der Waals surface area contributed by atoms with E-state index in [1.807, 2.05) is 0 Å². The van der Waals surface area contributed by atoms with Gasteiger partial charge in [0.1, 0.15) is 0 Å². The first-order valence-electron chi connectivity index (χ1n) is 4.93. The van der Waals surface area contributed by atoms with E-state index in [1.54, 1.807) is 24.3 Å². The minimum Gasteiger partial charge on any atom is -0.298 e. The first kappa shape index (κ1) is 13.7. The Balaban J connectivity index is 2.77. The number of hydrogen-bond acceptors (Lipinski definition) is 1. The summed E-state index contributed by atoms with van der Waals surface area (Å²) < 4.78 is 0. The molecule has 0 bridgehead atoms. The third kappa shape index (κ3) is 2.50. The van der Waals surface area contributed by atoms with Gasteiger partial charge in [0.05, 0.1) is 15.1 Å². The normalized spacial score (nSPS) is 10.4. The maximum absolute atomic E-state index is 11.1. The van der Waals surface area contributed by atoms with Crippen molar-refractivity contribution in [2.24, 2.45) is 0 Å². The Morgan fingerprint density at radius 1 is 0.833 bits per heavy atom. The summed E-state index contributed by atoms with van der Waals surface area (Å²) in [5.74, 6) is 0. The second-order valence-corrected chi connectivity index (χ2v) is 5.20. The fraction of sp³-hybridized carbons (Fsp3) is 0. The van der Waals surface area contributed by atoms with E-state index in [0.717, 1.165) is 6.29 Å². The van der Waals surface area contributed by atoms with Crippen molar-refractivity contribution >= 4 is 52.7 Å². The van der Waals surface area contributed by atoms with Crippen LogP contribution in [0.15, 0.2) is 30.3 Å². The van der Waals surface area contributed by atoms with E-state index in [-0.39, 0.29) is 0 Å². The fourth-order valence-electron chi connectivity index (χ4n) is 1.64. The Hall–Kier alpha value is -0.730. The molecule has 0 amide bonds. The van der Waals surface area contributed by atoms with E-state index in [0.29, 0.717) is 36.8 Å². The van der Waals surface area contributed by atoms with Crippen LogP contribution < -0.4 is 0 Å². The molecule has 0 fully saturated rings. The number of hydrogen-bond donors (Lipinski definition) is 0. The zero-order valence-corrected chi connectivity index (χ0v) is 11.9. The van der Waals surface area contributed by atoms with Gasteiger partial charge in [-0.3, -0.25) is 4.79 Å². The van der Waals surface area contributed by atoms with Gasteiger partial charge in [-0.15, -0.1) is 0 Å². The minimum atomic E-state index is 0.352. The standard InChI is InChI=1S/C13H6Cl4O/c14-9-3-1-2-7(6-18)13(9)8-4-11(16)12(17)5-10(8)15/h1-6H. The van der Waals surface area contributed by atoms with Crippen molar-refractivity contribution in [2.45, 2.75) is 0 Å². The highest BCUT2D eigenvalue weighted by Crippen LogP contribution is 2.39. The second kappa shape index (κ2) is 5.50. The lowest BCUT2D eigenvalue weighted by Crippen LogP contribution is -1.90. The van der Waals surface area contributed by atoms with Crippen LogP contribution in [0.1, 0.15) is 10.4 Å². The largest absolute Gasteiger partial charge is 0.298 e. The van der Waals surface area contributed by atoms with Gasteiger partial charge in [-0.2, -0.15) is 0 Å². The summed E-state index contributed by atoms with van der Waals surface area (Å²) in [6.45, 7) is 0. The summed E-state index contributed by atoms with van der Waals surface area (Å²) in [5, 5.41) is 1.53. The maximum Gasteiger partial charge on any atom is 0.150 e. The van der Waals surface area contributed by atoms with Crippen LogP contribution in [0, 0.1) is 0 Å². The van der Waals surface area contributed by atoms with E-state index in [9.17, 15) is 4.79 Å². The minimum absolute atomic E-state index is 0.352. The van der Waals surface area contributed by atoms with Gasteiger partial charge in [-0.25, -0.2) is 0 Å². The third-order valence-corrected chi connectivity index (χ3v) is 3.80. The predicted molar refractivity (Wildman–Crippen MR) is 77.3 cm³/mol. The van der Waals surface area contributed by atoms with E-state index in [1.165, 1.54) is 6.07 Å². The average Bonchev–Trinajstić information content (AvgIpc) is 2.34. The predicted octanol–water partition coefficient (Wildman–Crippen LogP) is 5.78. The highest BCUT2D eigenvalue weighted by Gasteiger charge is 2.14. The van der Waals surface area contributed by atoms with Crippen LogP contribution in [0.5, 0.6) is 0 Å². The molecule has 0 radical (unpaired) electrons. The number of benzene rings is 2. The van der Waals surface area contributed by atoms with Crippen LogP contribution in [-0.4, -0.2) is 6.29 Å². The Kier molecular flexibility index (Phi) is 4.18. The SMILES string of the molecule is O=Cc1cccc(Cl)c1-c1cc(Cl)c(Cl)cc1Cl. The van der Waals surface area contributed by atoms with E-state index in [4.69, 9.17) is 46.4 Å². The van der Waals surface area contributed by atoms with E-state index < -0.39 is 0 Å². The van der Waals surface area contributed by atoms with Gasteiger partial charge >= 0.3 is 0 Å². The van der Waals surface area contributed by atoms with Crippen molar-refractivity contribution in [1.82, 2.24) is 0 Å². The third-order valence-electron chi connectivity index (χ3n) is 2.45. The smallest absolute Gasteiger partial charge is 0.150 e. The topological polar surface area (TPSA) is 17.1 Å². The molecule has 18 heavy (non-hydrogen) atoms. The van der Waals surface area contributed by atoms with Gasteiger partial charge in [0, 0.05) is 21.7 Å². The average molecular weight is 320 g/mol. The zero-order chi connectivity index (χ0) is 13.3. The monoisotopic (exact) mass is 318 g/mol. The van der Waals surface area contributed by atoms with Crippen LogP contribution >= 0.6 is 46.4 Å².